The van der Waals surface area contributed by atoms with Crippen LogP contribution in [0.2, 0.25) is 0 Å². The average Bonchev–Trinajstić information content (AvgIpc) is 2.97. The van der Waals surface area contributed by atoms with E-state index in [1.54, 1.807) is 24.3 Å². The minimum atomic E-state index is -3.94. The van der Waals surface area contributed by atoms with Gasteiger partial charge in [-0.15, -0.1) is 0 Å². The van der Waals surface area contributed by atoms with Crippen molar-refractivity contribution < 1.29 is 47.8 Å². The van der Waals surface area contributed by atoms with Crippen molar-refractivity contribution in [2.24, 2.45) is 0 Å². The number of hydrogen-bond acceptors (Lipinski definition) is 11. The van der Waals surface area contributed by atoms with E-state index in [2.05, 4.69) is 19.8 Å². The van der Waals surface area contributed by atoms with Gasteiger partial charge in [0, 0.05) is 32.2 Å². The summed E-state index contributed by atoms with van der Waals surface area (Å²) in [5, 5.41) is 32.4. The van der Waals surface area contributed by atoms with Crippen LogP contribution in [0.25, 0.3) is 0 Å². The molecule has 1 atom stereocenters. The molecule has 0 saturated heterocycles. The van der Waals surface area contributed by atoms with Crippen LogP contribution < -0.4 is 10.0 Å². The number of benzene rings is 2. The summed E-state index contributed by atoms with van der Waals surface area (Å²) in [5.41, 5.74) is 1.89. The Hall–Kier alpha value is -3.07. The van der Waals surface area contributed by atoms with Crippen LogP contribution in [0.1, 0.15) is 68.2 Å². The standard InChI is InChI=1S/C29H42N2O10S/c1-22(33)40-41-29(36)20-31-42(37,38)26-11-8-10-23(17-26)9-4-7-16-39-15-6-3-2-5-14-30-19-28(35)24-12-13-27(34)25(18-24)21-32/h8,10-13,17-18,28,30-32,34-35H,2-7,9,14-16,19-21H2,1H3/t28-/m0/s1. The number of unbranched alkanes of at least 4 members (excludes halogenated alkanes) is 4. The van der Waals surface area contributed by atoms with E-state index in [-0.39, 0.29) is 17.3 Å². The zero-order valence-electron chi connectivity index (χ0n) is 23.9. The van der Waals surface area contributed by atoms with Gasteiger partial charge in [-0.25, -0.2) is 27.8 Å². The third kappa shape index (κ3) is 13.7. The third-order valence-corrected chi connectivity index (χ3v) is 7.66. The lowest BCUT2D eigenvalue weighted by molar-refractivity contribution is -0.256. The number of aryl methyl sites for hydroxylation is 1. The highest BCUT2D eigenvalue weighted by molar-refractivity contribution is 7.89. The molecule has 2 rings (SSSR count). The van der Waals surface area contributed by atoms with Gasteiger partial charge in [-0.05, 0) is 74.0 Å². The lowest BCUT2D eigenvalue weighted by atomic mass is 10.1. The SMILES string of the molecule is CC(=O)OOC(=O)CNS(=O)(=O)c1cccc(CCCCOCCCCCCNC[C@H](O)c2ccc(O)c(CO)c2)c1. The average molecular weight is 611 g/mol. The molecule has 12 nitrogen and oxygen atoms in total. The fraction of sp³-hybridized carbons (Fsp3) is 0.517. The molecule has 0 unspecified atom stereocenters. The molecule has 2 aromatic rings. The molecule has 0 radical (unpaired) electrons. The topological polar surface area (TPSA) is 181 Å². The predicted octanol–water partition coefficient (Wildman–Crippen LogP) is 2.41. The van der Waals surface area contributed by atoms with Gasteiger partial charge < -0.3 is 25.4 Å². The van der Waals surface area contributed by atoms with Gasteiger partial charge >= 0.3 is 11.9 Å². The smallest absolute Gasteiger partial charge is 0.370 e. The van der Waals surface area contributed by atoms with E-state index < -0.39 is 34.6 Å². The second kappa shape index (κ2) is 19.2. The number of aliphatic hydroxyl groups excluding tert-OH is 2. The Morgan fingerprint density at radius 1 is 0.952 bits per heavy atom. The van der Waals surface area contributed by atoms with E-state index in [4.69, 9.17) is 4.74 Å². The fourth-order valence-corrected chi connectivity index (χ4v) is 5.02. The molecule has 0 aliphatic carbocycles. The van der Waals surface area contributed by atoms with Crippen molar-refractivity contribution in [3.8, 4) is 5.75 Å². The Morgan fingerprint density at radius 3 is 2.43 bits per heavy atom. The van der Waals surface area contributed by atoms with Gasteiger partial charge in [0.25, 0.3) is 0 Å². The van der Waals surface area contributed by atoms with Crippen LogP contribution in [0.5, 0.6) is 5.75 Å². The van der Waals surface area contributed by atoms with Crippen molar-refractivity contribution >= 4 is 22.0 Å². The molecule has 0 bridgehead atoms. The molecule has 13 heteroatoms. The summed E-state index contributed by atoms with van der Waals surface area (Å²) < 4.78 is 32.7. The molecular formula is C29H42N2O10S. The van der Waals surface area contributed by atoms with Gasteiger partial charge in [0.05, 0.1) is 17.6 Å². The minimum Gasteiger partial charge on any atom is -0.508 e. The van der Waals surface area contributed by atoms with E-state index in [0.29, 0.717) is 37.3 Å². The molecule has 0 amide bonds. The molecule has 0 aromatic heterocycles. The maximum absolute atomic E-state index is 12.4. The first-order valence-corrected chi connectivity index (χ1v) is 15.5. The van der Waals surface area contributed by atoms with Crippen LogP contribution in [-0.2, 0) is 47.2 Å². The van der Waals surface area contributed by atoms with Crippen LogP contribution in [0.3, 0.4) is 0 Å². The summed E-state index contributed by atoms with van der Waals surface area (Å²) in [6.45, 7) is 2.57. The van der Waals surface area contributed by atoms with Crippen molar-refractivity contribution in [3.05, 3.63) is 59.2 Å². The van der Waals surface area contributed by atoms with Gasteiger partial charge in [-0.2, -0.15) is 4.72 Å². The number of aliphatic hydroxyl groups is 2. The molecule has 234 valence electrons. The molecule has 0 spiro atoms. The summed E-state index contributed by atoms with van der Waals surface area (Å²) in [6.07, 6.45) is 5.66. The second-order valence-corrected chi connectivity index (χ2v) is 11.5. The monoisotopic (exact) mass is 610 g/mol. The molecule has 0 fully saturated rings. The zero-order valence-corrected chi connectivity index (χ0v) is 24.7. The largest absolute Gasteiger partial charge is 0.508 e. The van der Waals surface area contributed by atoms with Crippen LogP contribution in [-0.4, -0.2) is 68.5 Å². The molecule has 0 saturated carbocycles. The maximum atomic E-state index is 12.4. The number of nitrogens with one attached hydrogen (secondary N) is 2. The first-order valence-electron chi connectivity index (χ1n) is 14.0. The number of phenols is 1. The molecule has 0 aliphatic heterocycles. The van der Waals surface area contributed by atoms with Crippen LogP contribution in [0, 0.1) is 0 Å². The summed E-state index contributed by atoms with van der Waals surface area (Å²) in [4.78, 5) is 30.4. The van der Waals surface area contributed by atoms with E-state index >= 15 is 0 Å². The first-order chi connectivity index (χ1) is 20.1. The highest BCUT2D eigenvalue weighted by Crippen LogP contribution is 2.22. The van der Waals surface area contributed by atoms with Crippen LogP contribution in [0.15, 0.2) is 47.4 Å². The summed E-state index contributed by atoms with van der Waals surface area (Å²) in [5.74, 6) is -1.86. The Bertz CT molecular complexity index is 1220. The van der Waals surface area contributed by atoms with Gasteiger partial charge in [0.2, 0.25) is 10.0 Å². The number of sulfonamides is 1. The van der Waals surface area contributed by atoms with Crippen molar-refractivity contribution in [2.75, 3.05) is 32.8 Å². The Balaban J connectivity index is 1.50. The number of carbonyl (C=O) groups excluding carboxylic acids is 2. The molecule has 42 heavy (non-hydrogen) atoms. The second-order valence-electron chi connectivity index (χ2n) is 9.75. The molecule has 0 heterocycles. The van der Waals surface area contributed by atoms with Gasteiger partial charge in [-0.1, -0.05) is 31.0 Å². The van der Waals surface area contributed by atoms with Crippen LogP contribution >= 0.6 is 0 Å². The minimum absolute atomic E-state index is 0.0143. The summed E-state index contributed by atoms with van der Waals surface area (Å²) in [7, 11) is -3.94. The van der Waals surface area contributed by atoms with Gasteiger partial charge in [-0.3, -0.25) is 0 Å². The normalized spacial score (nSPS) is 12.2. The third-order valence-electron chi connectivity index (χ3n) is 6.26. The summed E-state index contributed by atoms with van der Waals surface area (Å²) in [6, 6.07) is 11.2. The quantitative estimate of drug-likeness (QED) is 0.0844. The van der Waals surface area contributed by atoms with E-state index in [0.717, 1.165) is 57.6 Å². The predicted molar refractivity (Wildman–Crippen MR) is 154 cm³/mol. The number of hydrogen-bond donors (Lipinski definition) is 5. The van der Waals surface area contributed by atoms with Gasteiger partial charge in [0.1, 0.15) is 12.3 Å². The molecular weight excluding hydrogens is 568 g/mol. The van der Waals surface area contributed by atoms with Crippen molar-refractivity contribution in [2.45, 2.75) is 69.5 Å². The van der Waals surface area contributed by atoms with Crippen molar-refractivity contribution in [3.63, 3.8) is 0 Å². The van der Waals surface area contributed by atoms with E-state index in [1.807, 2.05) is 6.07 Å². The van der Waals surface area contributed by atoms with Gasteiger partial charge in [0.15, 0.2) is 0 Å². The molecule has 2 aromatic carbocycles. The highest BCUT2D eigenvalue weighted by Gasteiger charge is 2.17. The van der Waals surface area contributed by atoms with Crippen LogP contribution in [0.4, 0.5) is 0 Å². The fourth-order valence-electron chi connectivity index (χ4n) is 3.98. The first kappa shape index (κ1) is 35.1. The van der Waals surface area contributed by atoms with Crippen molar-refractivity contribution in [1.29, 1.82) is 0 Å². The Morgan fingerprint density at radius 2 is 1.69 bits per heavy atom. The lowest BCUT2D eigenvalue weighted by Gasteiger charge is -2.14. The summed E-state index contributed by atoms with van der Waals surface area (Å²) >= 11 is 0. The number of ether oxygens (including phenoxy) is 1. The number of carbonyl (C=O) groups is 2. The van der Waals surface area contributed by atoms with E-state index in [1.165, 1.54) is 12.1 Å². The molecule has 0 aliphatic rings. The number of rotatable bonds is 20. The van der Waals surface area contributed by atoms with E-state index in [9.17, 15) is 33.3 Å². The lowest BCUT2D eigenvalue weighted by Crippen LogP contribution is -2.31. The highest BCUT2D eigenvalue weighted by atomic mass is 32.2. The Kier molecular flexibility index (Phi) is 16.0. The maximum Gasteiger partial charge on any atom is 0.370 e. The zero-order chi connectivity index (χ0) is 30.8. The number of aromatic hydroxyl groups is 1. The molecule has 5 N–H and O–H groups in total. The van der Waals surface area contributed by atoms with Crippen molar-refractivity contribution in [1.82, 2.24) is 10.0 Å². The Labute approximate surface area is 247 Å².